The lowest BCUT2D eigenvalue weighted by Crippen LogP contribution is -2.44. The zero-order chi connectivity index (χ0) is 14.5. The molecule has 0 aromatic carbocycles. The van der Waals surface area contributed by atoms with Gasteiger partial charge in [0.05, 0.1) is 12.5 Å². The van der Waals surface area contributed by atoms with Gasteiger partial charge in [-0.25, -0.2) is 0 Å². The molecule has 2 aliphatic rings. The number of rotatable bonds is 5. The summed E-state index contributed by atoms with van der Waals surface area (Å²) in [6.45, 7) is 4.78. The van der Waals surface area contributed by atoms with E-state index in [1.165, 1.54) is 19.3 Å². The van der Waals surface area contributed by atoms with Crippen LogP contribution in [0, 0.1) is 17.8 Å². The first-order valence-corrected chi connectivity index (χ1v) is 7.77. The maximum atomic E-state index is 12.0. The molecule has 2 unspecified atom stereocenters. The molecule has 5 heteroatoms. The van der Waals surface area contributed by atoms with Crippen LogP contribution in [-0.4, -0.2) is 48.1 Å². The van der Waals surface area contributed by atoms with Crippen LogP contribution in [0.25, 0.3) is 0 Å². The molecule has 5 nitrogen and oxygen atoms in total. The molecule has 1 amide bonds. The van der Waals surface area contributed by atoms with Crippen molar-refractivity contribution in [1.82, 2.24) is 10.2 Å². The smallest absolute Gasteiger partial charge is 0.306 e. The van der Waals surface area contributed by atoms with E-state index in [1.54, 1.807) is 4.90 Å². The number of hydrogen-bond donors (Lipinski definition) is 2. The lowest BCUT2D eigenvalue weighted by molar-refractivity contribution is -0.145. The number of aliphatic carboxylic acids is 1. The molecule has 1 saturated carbocycles. The van der Waals surface area contributed by atoms with Crippen molar-refractivity contribution in [2.45, 2.75) is 39.0 Å². The third-order valence-corrected chi connectivity index (χ3v) is 4.71. The Morgan fingerprint density at radius 1 is 1.20 bits per heavy atom. The van der Waals surface area contributed by atoms with Gasteiger partial charge in [-0.1, -0.05) is 13.3 Å². The standard InChI is InChI=1S/C15H26N2O3/c1-11-2-3-12(8-11)9-16-10-14(18)17-6-4-13(5-7-17)15(19)20/h11-13,16H,2-10H2,1H3,(H,19,20). The van der Waals surface area contributed by atoms with E-state index in [9.17, 15) is 9.59 Å². The van der Waals surface area contributed by atoms with Crippen LogP contribution < -0.4 is 5.32 Å². The molecule has 2 atom stereocenters. The molecule has 1 heterocycles. The van der Waals surface area contributed by atoms with Gasteiger partial charge in [-0.3, -0.25) is 9.59 Å². The number of carbonyl (C=O) groups excluding carboxylic acids is 1. The van der Waals surface area contributed by atoms with E-state index in [0.29, 0.717) is 32.5 Å². The van der Waals surface area contributed by atoms with E-state index in [2.05, 4.69) is 12.2 Å². The molecule has 0 spiro atoms. The number of piperidine rings is 1. The lowest BCUT2D eigenvalue weighted by atomic mass is 9.97. The van der Waals surface area contributed by atoms with E-state index in [-0.39, 0.29) is 11.8 Å². The SMILES string of the molecule is CC1CCC(CNCC(=O)N2CCC(C(=O)O)CC2)C1. The van der Waals surface area contributed by atoms with Gasteiger partial charge in [-0.2, -0.15) is 0 Å². The normalized spacial score (nSPS) is 27.8. The summed E-state index contributed by atoms with van der Waals surface area (Å²) in [7, 11) is 0. The minimum absolute atomic E-state index is 0.111. The molecule has 1 saturated heterocycles. The van der Waals surface area contributed by atoms with Crippen LogP contribution in [0.4, 0.5) is 0 Å². The summed E-state index contributed by atoms with van der Waals surface area (Å²) < 4.78 is 0. The fourth-order valence-corrected chi connectivity index (χ4v) is 3.38. The Labute approximate surface area is 120 Å². The molecule has 0 radical (unpaired) electrons. The number of amides is 1. The number of carboxylic acids is 1. The summed E-state index contributed by atoms with van der Waals surface area (Å²) in [4.78, 5) is 24.7. The highest BCUT2D eigenvalue weighted by Crippen LogP contribution is 2.29. The zero-order valence-electron chi connectivity index (χ0n) is 12.3. The predicted molar refractivity (Wildman–Crippen MR) is 76.3 cm³/mol. The minimum Gasteiger partial charge on any atom is -0.481 e. The summed E-state index contributed by atoms with van der Waals surface area (Å²) in [6, 6.07) is 0. The predicted octanol–water partition coefficient (Wildman–Crippen LogP) is 1.34. The van der Waals surface area contributed by atoms with Crippen LogP contribution in [0.5, 0.6) is 0 Å². The van der Waals surface area contributed by atoms with Crippen molar-refractivity contribution in [3.63, 3.8) is 0 Å². The Bertz CT molecular complexity index is 351. The third-order valence-electron chi connectivity index (χ3n) is 4.71. The molecule has 2 fully saturated rings. The average Bonchev–Trinajstić information content (AvgIpc) is 2.84. The molecule has 0 aromatic heterocycles. The van der Waals surface area contributed by atoms with Gasteiger partial charge in [0.25, 0.3) is 0 Å². The molecule has 2 N–H and O–H groups in total. The fourth-order valence-electron chi connectivity index (χ4n) is 3.38. The first-order chi connectivity index (χ1) is 9.56. The fraction of sp³-hybridized carbons (Fsp3) is 0.867. The van der Waals surface area contributed by atoms with Crippen molar-refractivity contribution in [1.29, 1.82) is 0 Å². The van der Waals surface area contributed by atoms with Crippen LogP contribution in [0.2, 0.25) is 0 Å². The van der Waals surface area contributed by atoms with Gasteiger partial charge in [0.2, 0.25) is 5.91 Å². The maximum absolute atomic E-state index is 12.0. The largest absolute Gasteiger partial charge is 0.481 e. The zero-order valence-corrected chi connectivity index (χ0v) is 12.3. The van der Waals surface area contributed by atoms with Gasteiger partial charge in [0.1, 0.15) is 0 Å². The molecule has 1 aliphatic carbocycles. The topological polar surface area (TPSA) is 69.6 Å². The number of carbonyl (C=O) groups is 2. The summed E-state index contributed by atoms with van der Waals surface area (Å²) in [5.74, 6) is 0.653. The first-order valence-electron chi connectivity index (χ1n) is 7.77. The van der Waals surface area contributed by atoms with E-state index in [0.717, 1.165) is 18.4 Å². The van der Waals surface area contributed by atoms with Crippen molar-refractivity contribution >= 4 is 11.9 Å². The molecular weight excluding hydrogens is 256 g/mol. The number of hydrogen-bond acceptors (Lipinski definition) is 3. The average molecular weight is 282 g/mol. The monoisotopic (exact) mass is 282 g/mol. The van der Waals surface area contributed by atoms with Crippen LogP contribution in [-0.2, 0) is 9.59 Å². The third kappa shape index (κ3) is 4.20. The Kier molecular flexibility index (Phi) is 5.40. The van der Waals surface area contributed by atoms with Crippen molar-refractivity contribution in [2.24, 2.45) is 17.8 Å². The summed E-state index contributed by atoms with van der Waals surface area (Å²) in [5.41, 5.74) is 0. The quantitative estimate of drug-likeness (QED) is 0.798. The van der Waals surface area contributed by atoms with Gasteiger partial charge >= 0.3 is 5.97 Å². The van der Waals surface area contributed by atoms with E-state index in [4.69, 9.17) is 5.11 Å². The number of nitrogens with zero attached hydrogens (tertiary/aromatic N) is 1. The van der Waals surface area contributed by atoms with Crippen LogP contribution in [0.3, 0.4) is 0 Å². The second-order valence-electron chi connectivity index (χ2n) is 6.41. The van der Waals surface area contributed by atoms with Crippen molar-refractivity contribution in [3.8, 4) is 0 Å². The van der Waals surface area contributed by atoms with Crippen LogP contribution >= 0.6 is 0 Å². The minimum atomic E-state index is -0.731. The molecule has 114 valence electrons. The molecule has 0 bridgehead atoms. The highest BCUT2D eigenvalue weighted by atomic mass is 16.4. The summed E-state index contributed by atoms with van der Waals surface area (Å²) in [5, 5.41) is 12.2. The molecular formula is C15H26N2O3. The number of carboxylic acid groups (broad SMARTS) is 1. The van der Waals surface area contributed by atoms with Gasteiger partial charge in [0.15, 0.2) is 0 Å². The van der Waals surface area contributed by atoms with Gasteiger partial charge in [-0.15, -0.1) is 0 Å². The summed E-state index contributed by atoms with van der Waals surface area (Å²) >= 11 is 0. The molecule has 0 aromatic rings. The maximum Gasteiger partial charge on any atom is 0.306 e. The molecule has 1 aliphatic heterocycles. The van der Waals surface area contributed by atoms with Gasteiger partial charge < -0.3 is 15.3 Å². The van der Waals surface area contributed by atoms with Crippen molar-refractivity contribution in [2.75, 3.05) is 26.2 Å². The van der Waals surface area contributed by atoms with Crippen LogP contribution in [0.1, 0.15) is 39.0 Å². The highest BCUT2D eigenvalue weighted by molar-refractivity contribution is 5.78. The van der Waals surface area contributed by atoms with E-state index in [1.807, 2.05) is 0 Å². The van der Waals surface area contributed by atoms with Crippen LogP contribution in [0.15, 0.2) is 0 Å². The molecule has 20 heavy (non-hydrogen) atoms. The summed E-state index contributed by atoms with van der Waals surface area (Å²) in [6.07, 6.45) is 5.02. The van der Waals surface area contributed by atoms with Crippen molar-refractivity contribution < 1.29 is 14.7 Å². The Balaban J connectivity index is 1.62. The van der Waals surface area contributed by atoms with Gasteiger partial charge in [0, 0.05) is 13.1 Å². The lowest BCUT2D eigenvalue weighted by Gasteiger charge is -2.30. The van der Waals surface area contributed by atoms with E-state index >= 15 is 0 Å². The Morgan fingerprint density at radius 3 is 2.45 bits per heavy atom. The number of nitrogens with one attached hydrogen (secondary N) is 1. The Hall–Kier alpha value is -1.10. The van der Waals surface area contributed by atoms with Crippen molar-refractivity contribution in [3.05, 3.63) is 0 Å². The highest BCUT2D eigenvalue weighted by Gasteiger charge is 2.27. The number of likely N-dealkylation sites (tertiary alicyclic amines) is 1. The molecule has 2 rings (SSSR count). The second kappa shape index (κ2) is 7.07. The van der Waals surface area contributed by atoms with E-state index < -0.39 is 5.97 Å². The van der Waals surface area contributed by atoms with Gasteiger partial charge in [-0.05, 0) is 44.1 Å². The second-order valence-corrected chi connectivity index (χ2v) is 6.41. The Morgan fingerprint density at radius 2 is 1.90 bits per heavy atom. The first kappa shape index (κ1) is 15.3.